The zero-order chi connectivity index (χ0) is 21.1. The van der Waals surface area contributed by atoms with E-state index in [4.69, 9.17) is 0 Å². The van der Waals surface area contributed by atoms with E-state index in [0.29, 0.717) is 11.5 Å². The van der Waals surface area contributed by atoms with Gasteiger partial charge in [-0.3, -0.25) is 4.39 Å². The van der Waals surface area contributed by atoms with Crippen molar-refractivity contribution in [3.63, 3.8) is 0 Å². The lowest BCUT2D eigenvalue weighted by Crippen LogP contribution is -2.26. The zero-order valence-corrected chi connectivity index (χ0v) is 18.3. The number of rotatable bonds is 6. The monoisotopic (exact) mass is 408 g/mol. The molecule has 0 atom stereocenters. The molecule has 0 amide bonds. The highest BCUT2D eigenvalue weighted by atomic mass is 19.1. The lowest BCUT2D eigenvalue weighted by molar-refractivity contribution is 0.139. The van der Waals surface area contributed by atoms with Crippen LogP contribution in [0.1, 0.15) is 83.1 Å². The van der Waals surface area contributed by atoms with Gasteiger partial charge in [-0.1, -0.05) is 43.9 Å². The standard InChI is InChI=1S/C19H33F.C7H6F2/c1-2-3-4-5-16-6-10-18(11-7-16)19-12-8-17(9-13-19)14-15-20;1-5-2-3-6(8)4-7(5)9/h2-3,16-19H,4-15H2,1H3;2-4H,1H3/b3-2+;. The van der Waals surface area contributed by atoms with Crippen LogP contribution in [0.15, 0.2) is 30.4 Å². The van der Waals surface area contributed by atoms with Gasteiger partial charge >= 0.3 is 0 Å². The van der Waals surface area contributed by atoms with Gasteiger partial charge in [-0.2, -0.15) is 0 Å². The maximum absolute atomic E-state index is 12.4. The summed E-state index contributed by atoms with van der Waals surface area (Å²) in [7, 11) is 0. The highest BCUT2D eigenvalue weighted by Gasteiger charge is 2.30. The first-order chi connectivity index (χ1) is 14.0. The summed E-state index contributed by atoms with van der Waals surface area (Å²) in [6.07, 6.45) is 19.3. The molecule has 1 aromatic rings. The molecule has 1 aromatic carbocycles. The molecule has 0 N–H and O–H groups in total. The second-order valence-corrected chi connectivity index (χ2v) is 9.08. The highest BCUT2D eigenvalue weighted by molar-refractivity contribution is 5.16. The smallest absolute Gasteiger partial charge is 0.129 e. The number of hydrogen-bond donors (Lipinski definition) is 0. The normalized spacial score (nSPS) is 27.5. The van der Waals surface area contributed by atoms with Crippen LogP contribution in [-0.4, -0.2) is 6.67 Å². The van der Waals surface area contributed by atoms with E-state index in [-0.39, 0.29) is 6.67 Å². The molecule has 0 aliphatic heterocycles. The van der Waals surface area contributed by atoms with Gasteiger partial charge in [0.25, 0.3) is 0 Å². The minimum Gasteiger partial charge on any atom is -0.251 e. The Labute approximate surface area is 176 Å². The van der Waals surface area contributed by atoms with Crippen LogP contribution in [0.25, 0.3) is 0 Å². The molecule has 2 aliphatic rings. The summed E-state index contributed by atoms with van der Waals surface area (Å²) in [5.41, 5.74) is 0.469. The minimum absolute atomic E-state index is 0.105. The summed E-state index contributed by atoms with van der Waals surface area (Å²) in [5.74, 6) is 2.65. The van der Waals surface area contributed by atoms with E-state index in [2.05, 4.69) is 19.1 Å². The third-order valence-corrected chi connectivity index (χ3v) is 7.08. The third-order valence-electron chi connectivity index (χ3n) is 7.08. The van der Waals surface area contributed by atoms with Crippen LogP contribution >= 0.6 is 0 Å². The molecule has 0 unspecified atom stereocenters. The van der Waals surface area contributed by atoms with Gasteiger partial charge in [0, 0.05) is 6.07 Å². The van der Waals surface area contributed by atoms with Crippen molar-refractivity contribution >= 4 is 0 Å². The first-order valence-electron chi connectivity index (χ1n) is 11.6. The Kier molecular flexibility index (Phi) is 10.9. The van der Waals surface area contributed by atoms with Crippen molar-refractivity contribution in [3.8, 4) is 0 Å². The number of aryl methyl sites for hydroxylation is 1. The molecule has 0 nitrogen and oxygen atoms in total. The number of alkyl halides is 1. The van der Waals surface area contributed by atoms with Crippen molar-refractivity contribution in [2.75, 3.05) is 6.67 Å². The summed E-state index contributed by atoms with van der Waals surface area (Å²) >= 11 is 0. The number of allylic oxidation sites excluding steroid dienone is 2. The van der Waals surface area contributed by atoms with Crippen LogP contribution in [0.3, 0.4) is 0 Å². The predicted octanol–water partition coefficient (Wildman–Crippen LogP) is 8.59. The van der Waals surface area contributed by atoms with E-state index in [1.165, 1.54) is 76.3 Å². The van der Waals surface area contributed by atoms with Crippen LogP contribution in [0.4, 0.5) is 13.2 Å². The van der Waals surface area contributed by atoms with Gasteiger partial charge < -0.3 is 0 Å². The Morgan fingerprint density at radius 1 is 0.862 bits per heavy atom. The molecule has 164 valence electrons. The molecule has 3 rings (SSSR count). The molecule has 0 aromatic heterocycles. The lowest BCUT2D eigenvalue weighted by atomic mass is 9.68. The van der Waals surface area contributed by atoms with Gasteiger partial charge in [0.15, 0.2) is 0 Å². The molecule has 0 spiro atoms. The fourth-order valence-corrected chi connectivity index (χ4v) is 5.12. The van der Waals surface area contributed by atoms with E-state index in [0.717, 1.165) is 30.2 Å². The van der Waals surface area contributed by atoms with Crippen molar-refractivity contribution in [2.45, 2.75) is 84.5 Å². The summed E-state index contributed by atoms with van der Waals surface area (Å²) in [5, 5.41) is 0. The van der Waals surface area contributed by atoms with Gasteiger partial charge in [0.1, 0.15) is 11.6 Å². The van der Waals surface area contributed by atoms with Gasteiger partial charge in [-0.05, 0) is 94.1 Å². The second kappa shape index (κ2) is 13.1. The summed E-state index contributed by atoms with van der Waals surface area (Å²) in [6.45, 7) is 3.61. The Morgan fingerprint density at radius 3 is 1.86 bits per heavy atom. The van der Waals surface area contributed by atoms with Crippen molar-refractivity contribution in [1.82, 2.24) is 0 Å². The molecular weight excluding hydrogens is 369 g/mol. The van der Waals surface area contributed by atoms with Crippen LogP contribution in [0.2, 0.25) is 0 Å². The number of benzene rings is 1. The Hall–Kier alpha value is -1.25. The molecule has 29 heavy (non-hydrogen) atoms. The predicted molar refractivity (Wildman–Crippen MR) is 117 cm³/mol. The number of halogens is 3. The maximum atomic E-state index is 12.4. The molecule has 0 saturated heterocycles. The summed E-state index contributed by atoms with van der Waals surface area (Å²) < 4.78 is 36.8. The quantitative estimate of drug-likeness (QED) is 0.413. The highest BCUT2D eigenvalue weighted by Crippen LogP contribution is 2.42. The lowest BCUT2D eigenvalue weighted by Gasteiger charge is -2.37. The third kappa shape index (κ3) is 8.56. The van der Waals surface area contributed by atoms with Crippen LogP contribution in [0.5, 0.6) is 0 Å². The van der Waals surface area contributed by atoms with Crippen LogP contribution in [-0.2, 0) is 0 Å². The molecule has 0 radical (unpaired) electrons. The molecule has 2 fully saturated rings. The first-order valence-corrected chi connectivity index (χ1v) is 11.6. The average Bonchev–Trinajstić information content (AvgIpc) is 2.73. The van der Waals surface area contributed by atoms with Crippen LogP contribution in [0, 0.1) is 42.2 Å². The Bertz CT molecular complexity index is 594. The van der Waals surface area contributed by atoms with E-state index in [1.54, 1.807) is 6.92 Å². The first kappa shape index (κ1) is 24.0. The second-order valence-electron chi connectivity index (χ2n) is 9.08. The van der Waals surface area contributed by atoms with Crippen molar-refractivity contribution in [3.05, 3.63) is 47.5 Å². The van der Waals surface area contributed by atoms with Gasteiger partial charge in [-0.25, -0.2) is 8.78 Å². The van der Waals surface area contributed by atoms with E-state index >= 15 is 0 Å². The minimum atomic E-state index is -0.530. The molecular formula is C26H39F3. The van der Waals surface area contributed by atoms with Crippen LogP contribution < -0.4 is 0 Å². The fourth-order valence-electron chi connectivity index (χ4n) is 5.12. The maximum Gasteiger partial charge on any atom is 0.129 e. The van der Waals surface area contributed by atoms with Gasteiger partial charge in [0.2, 0.25) is 0 Å². The van der Waals surface area contributed by atoms with Crippen molar-refractivity contribution in [2.24, 2.45) is 23.7 Å². The van der Waals surface area contributed by atoms with E-state index < -0.39 is 11.6 Å². The van der Waals surface area contributed by atoms with Crippen molar-refractivity contribution in [1.29, 1.82) is 0 Å². The SMILES string of the molecule is C/C=C/CCC1CCC(C2CCC(CCF)CC2)CC1.Cc1ccc(F)cc1F. The summed E-state index contributed by atoms with van der Waals surface area (Å²) in [6, 6.07) is 3.51. The van der Waals surface area contributed by atoms with Gasteiger partial charge in [0.05, 0.1) is 6.67 Å². The molecule has 2 aliphatic carbocycles. The molecule has 3 heteroatoms. The topological polar surface area (TPSA) is 0 Å². The van der Waals surface area contributed by atoms with Gasteiger partial charge in [-0.15, -0.1) is 0 Å². The average molecular weight is 409 g/mol. The number of hydrogen-bond acceptors (Lipinski definition) is 0. The molecule has 0 heterocycles. The van der Waals surface area contributed by atoms with E-state index in [9.17, 15) is 13.2 Å². The van der Waals surface area contributed by atoms with Crippen molar-refractivity contribution < 1.29 is 13.2 Å². The Morgan fingerprint density at radius 2 is 1.41 bits per heavy atom. The zero-order valence-electron chi connectivity index (χ0n) is 18.3. The summed E-state index contributed by atoms with van der Waals surface area (Å²) in [4.78, 5) is 0. The van der Waals surface area contributed by atoms with E-state index in [1.807, 2.05) is 0 Å². The Balaban J connectivity index is 0.000000278. The fraction of sp³-hybridized carbons (Fsp3) is 0.692. The molecule has 0 bridgehead atoms. The molecule has 2 saturated carbocycles. The largest absolute Gasteiger partial charge is 0.251 e.